The largest absolute Gasteiger partial charge is 2.00 e. The summed E-state index contributed by atoms with van der Waals surface area (Å²) in [7, 11) is 0. The monoisotopic (exact) mass is 498 g/mol. The summed E-state index contributed by atoms with van der Waals surface area (Å²) < 4.78 is 0. The first-order valence-corrected chi connectivity index (χ1v) is 11.0. The van der Waals surface area contributed by atoms with Crippen LogP contribution in [0.1, 0.15) is 89.9 Å². The molecule has 0 aromatic carbocycles. The molecule has 0 saturated heterocycles. The smallest absolute Gasteiger partial charge is 0.340 e. The van der Waals surface area contributed by atoms with Crippen LogP contribution in [0.25, 0.3) is 0 Å². The van der Waals surface area contributed by atoms with Crippen molar-refractivity contribution in [3.63, 3.8) is 0 Å². The molecule has 5 aliphatic rings. The van der Waals surface area contributed by atoms with Gasteiger partial charge in [-0.1, -0.05) is 76.5 Å². The normalized spacial score (nSPS) is 46.6. The van der Waals surface area contributed by atoms with Crippen LogP contribution in [0.2, 0.25) is 0 Å². The third kappa shape index (κ3) is 4.32. The number of fused-ring (bicyclic) bond motifs is 2. The zero-order valence-corrected chi connectivity index (χ0v) is 18.6. The molecule has 5 saturated carbocycles. The summed E-state index contributed by atoms with van der Waals surface area (Å²) in [6, 6.07) is 0. The zero-order valence-electron chi connectivity index (χ0n) is 15.6. The predicted octanol–water partition coefficient (Wildman–Crippen LogP) is 6.85. The van der Waals surface area contributed by atoms with Crippen molar-refractivity contribution in [1.82, 2.24) is 0 Å². The van der Waals surface area contributed by atoms with Crippen LogP contribution in [-0.4, -0.2) is 0 Å². The van der Waals surface area contributed by atoms with Crippen LogP contribution in [0.5, 0.6) is 0 Å². The van der Waals surface area contributed by atoms with E-state index in [1.165, 1.54) is 62.2 Å². The van der Waals surface area contributed by atoms with Crippen molar-refractivity contribution in [1.29, 1.82) is 0 Å². The molecule has 24 heavy (non-hydrogen) atoms. The van der Waals surface area contributed by atoms with Crippen molar-refractivity contribution < 1.29 is 21.1 Å². The maximum atomic E-state index is 4.24. The van der Waals surface area contributed by atoms with E-state index in [0.29, 0.717) is 0 Å². The molecule has 5 aliphatic carbocycles. The average molecular weight is 498 g/mol. The number of hydrogen-bond donors (Lipinski definition) is 0. The first-order chi connectivity index (χ1) is 11.3. The number of hydrogen-bond acceptors (Lipinski definition) is 0. The predicted molar refractivity (Wildman–Crippen MR) is 98.7 cm³/mol. The first kappa shape index (κ1) is 19.4. The minimum absolute atomic E-state index is 0. The van der Waals surface area contributed by atoms with Gasteiger partial charge in [0.05, 0.1) is 0 Å². The molecule has 0 aromatic heterocycles. The van der Waals surface area contributed by atoms with Gasteiger partial charge in [0.25, 0.3) is 0 Å². The van der Waals surface area contributed by atoms with Gasteiger partial charge in [0.1, 0.15) is 0 Å². The average Bonchev–Trinajstić information content (AvgIpc) is 3.32. The van der Waals surface area contributed by atoms with E-state index in [2.05, 4.69) is 13.3 Å². The van der Waals surface area contributed by atoms with Gasteiger partial charge in [-0.05, 0) is 36.5 Å². The van der Waals surface area contributed by atoms with Crippen LogP contribution < -0.4 is 0 Å². The van der Waals surface area contributed by atoms with Crippen molar-refractivity contribution >= 4 is 0 Å². The summed E-state index contributed by atoms with van der Waals surface area (Å²) >= 11 is 0. The Hall–Kier alpha value is 0.688. The molecule has 7 unspecified atom stereocenters. The van der Waals surface area contributed by atoms with E-state index in [0.717, 1.165) is 17.8 Å². The Morgan fingerprint density at radius 3 is 1.58 bits per heavy atom. The van der Waals surface area contributed by atoms with Gasteiger partial charge in [0.15, 0.2) is 0 Å². The van der Waals surface area contributed by atoms with Gasteiger partial charge in [-0.3, -0.25) is 0 Å². The fourth-order valence-corrected chi connectivity index (χ4v) is 7.07. The topological polar surface area (TPSA) is 0 Å². The van der Waals surface area contributed by atoms with Crippen LogP contribution in [0, 0.1) is 54.8 Å². The Kier molecular flexibility index (Phi) is 7.34. The molecule has 0 nitrogen and oxygen atoms in total. The van der Waals surface area contributed by atoms with Gasteiger partial charge in [-0.15, -0.1) is 0 Å². The van der Waals surface area contributed by atoms with Crippen LogP contribution in [0.15, 0.2) is 0 Å². The van der Waals surface area contributed by atoms with Crippen molar-refractivity contribution in [3.8, 4) is 0 Å². The van der Waals surface area contributed by atoms with E-state index in [9.17, 15) is 0 Å². The van der Waals surface area contributed by atoms with Gasteiger partial charge in [0, 0.05) is 0 Å². The molecule has 0 bridgehead atoms. The Morgan fingerprint density at radius 1 is 0.625 bits per heavy atom. The molecule has 0 amide bonds. The quantitative estimate of drug-likeness (QED) is 0.347. The Balaban J connectivity index is 0.000000136. The van der Waals surface area contributed by atoms with Gasteiger partial charge in [-0.2, -0.15) is 18.3 Å². The summed E-state index contributed by atoms with van der Waals surface area (Å²) in [5.74, 6) is 7.36. The minimum Gasteiger partial charge on any atom is -0.340 e. The van der Waals surface area contributed by atoms with Crippen LogP contribution >= 0.6 is 0 Å². The molecule has 0 radical (unpaired) electrons. The first-order valence-electron chi connectivity index (χ1n) is 11.0. The van der Waals surface area contributed by atoms with Crippen molar-refractivity contribution in [2.75, 3.05) is 0 Å². The Labute approximate surface area is 165 Å². The molecule has 5 rings (SSSR count). The summed E-state index contributed by atoms with van der Waals surface area (Å²) in [5, 5.41) is 0. The molecule has 7 atom stereocenters. The molecule has 5 fully saturated rings. The minimum atomic E-state index is 0. The van der Waals surface area contributed by atoms with Gasteiger partial charge in [0.2, 0.25) is 0 Å². The maximum Gasteiger partial charge on any atom is 2.00 e. The van der Waals surface area contributed by atoms with Gasteiger partial charge >= 0.3 is 21.1 Å². The molecule has 0 N–H and O–H groups in total. The maximum absolute atomic E-state index is 4.24. The molecule has 0 aliphatic heterocycles. The van der Waals surface area contributed by atoms with E-state index in [1.54, 1.807) is 51.4 Å². The second-order valence-corrected chi connectivity index (χ2v) is 9.56. The van der Waals surface area contributed by atoms with Crippen molar-refractivity contribution in [2.24, 2.45) is 41.4 Å². The SMILES string of the molecule is C1CC2CC3CCCC3CC2C1.[CH2-]C1CCCC1C1[CH-]CCC1.[W+2]. The van der Waals surface area contributed by atoms with E-state index >= 15 is 0 Å². The summed E-state index contributed by atoms with van der Waals surface area (Å²) in [5.41, 5.74) is 0. The van der Waals surface area contributed by atoms with Crippen molar-refractivity contribution in [2.45, 2.75) is 89.9 Å². The van der Waals surface area contributed by atoms with Gasteiger partial charge in [-0.25, -0.2) is 0 Å². The third-order valence-electron chi connectivity index (χ3n) is 8.32. The van der Waals surface area contributed by atoms with Gasteiger partial charge < -0.3 is 13.3 Å². The van der Waals surface area contributed by atoms with E-state index in [-0.39, 0.29) is 21.1 Å². The molecule has 0 aromatic rings. The third-order valence-corrected chi connectivity index (χ3v) is 8.32. The Morgan fingerprint density at radius 2 is 1.17 bits per heavy atom. The molecule has 0 heterocycles. The van der Waals surface area contributed by atoms with E-state index in [1.807, 2.05) is 0 Å². The molecule has 0 spiro atoms. The Bertz CT molecular complexity index is 336. The number of rotatable bonds is 1. The standard InChI is InChI=1S/C12H20.C11H18.W/c1-3-9-7-11-5-2-6-12(11)8-10(9)4-1;1-9-5-4-8-11(9)10-6-2-3-7-10;/h9-12H,1-8H2;6,9-11H,1-5,7-8H2;/q;-2;+2. The summed E-state index contributed by atoms with van der Waals surface area (Å²) in [6.45, 7) is 4.24. The van der Waals surface area contributed by atoms with Crippen LogP contribution in [0.3, 0.4) is 0 Å². The van der Waals surface area contributed by atoms with Crippen molar-refractivity contribution in [3.05, 3.63) is 13.3 Å². The van der Waals surface area contributed by atoms with Crippen LogP contribution in [0.4, 0.5) is 0 Å². The van der Waals surface area contributed by atoms with Crippen LogP contribution in [-0.2, 0) is 21.1 Å². The molecular weight excluding hydrogens is 460 g/mol. The summed E-state index contributed by atoms with van der Waals surface area (Å²) in [4.78, 5) is 0. The fraction of sp³-hybridized carbons (Fsp3) is 0.913. The molecular formula is C23H38W. The zero-order chi connectivity index (χ0) is 15.6. The van der Waals surface area contributed by atoms with E-state index in [4.69, 9.17) is 0 Å². The second kappa shape index (κ2) is 9.06. The second-order valence-electron chi connectivity index (χ2n) is 9.56. The summed E-state index contributed by atoms with van der Waals surface area (Å²) in [6.07, 6.45) is 23.7. The molecule has 1 heteroatoms. The fourth-order valence-electron chi connectivity index (χ4n) is 7.07. The van der Waals surface area contributed by atoms with E-state index < -0.39 is 0 Å². The molecule has 136 valence electrons.